The number of benzene rings is 1. The van der Waals surface area contributed by atoms with Crippen molar-refractivity contribution in [3.63, 3.8) is 0 Å². The highest BCUT2D eigenvalue weighted by Crippen LogP contribution is 2.16. The predicted molar refractivity (Wildman–Crippen MR) is 58.5 cm³/mol. The minimum atomic E-state index is -0.897. The monoisotopic (exact) mass is 257 g/mol. The van der Waals surface area contributed by atoms with Gasteiger partial charge in [0.2, 0.25) is 0 Å². The van der Waals surface area contributed by atoms with Crippen LogP contribution in [0.3, 0.4) is 0 Å². The van der Waals surface area contributed by atoms with Gasteiger partial charge in [-0.3, -0.25) is 0 Å². The molecule has 1 aromatic carbocycles. The van der Waals surface area contributed by atoms with Crippen LogP contribution in [0.25, 0.3) is 0 Å². The molecule has 0 fully saturated rings. The molecule has 0 aliphatic rings. The molecule has 14 heavy (non-hydrogen) atoms. The van der Waals surface area contributed by atoms with Crippen LogP contribution in [-0.2, 0) is 6.54 Å². The van der Waals surface area contributed by atoms with E-state index in [1.54, 1.807) is 12.1 Å². The second-order valence-corrected chi connectivity index (χ2v) is 4.31. The van der Waals surface area contributed by atoms with Crippen LogP contribution in [0.2, 0.25) is 0 Å². The normalized spacial score (nSPS) is 10.6. The Morgan fingerprint density at radius 2 is 2.07 bits per heavy atom. The summed E-state index contributed by atoms with van der Waals surface area (Å²) in [7, 11) is 3.89. The summed E-state index contributed by atoms with van der Waals surface area (Å²) in [5.74, 6) is -0.897. The van der Waals surface area contributed by atoms with E-state index in [0.717, 1.165) is 16.6 Å². The largest absolute Gasteiger partial charge is 0.478 e. The smallest absolute Gasteiger partial charge is 0.335 e. The van der Waals surface area contributed by atoms with Crippen LogP contribution in [0.15, 0.2) is 22.7 Å². The summed E-state index contributed by atoms with van der Waals surface area (Å²) in [5.41, 5.74) is 1.30. The van der Waals surface area contributed by atoms with Gasteiger partial charge in [-0.2, -0.15) is 0 Å². The zero-order valence-electron chi connectivity index (χ0n) is 8.12. The van der Waals surface area contributed by atoms with Gasteiger partial charge < -0.3 is 10.0 Å². The number of aromatic carboxylic acids is 1. The molecule has 1 rings (SSSR count). The fourth-order valence-corrected chi connectivity index (χ4v) is 1.77. The predicted octanol–water partition coefficient (Wildman–Crippen LogP) is 2.21. The number of carboxylic acid groups (broad SMARTS) is 1. The van der Waals surface area contributed by atoms with Gasteiger partial charge in [0.25, 0.3) is 0 Å². The first kappa shape index (κ1) is 11.2. The molecular weight excluding hydrogens is 246 g/mol. The molecule has 4 heteroatoms. The van der Waals surface area contributed by atoms with E-state index in [1.165, 1.54) is 0 Å². The van der Waals surface area contributed by atoms with Gasteiger partial charge in [-0.05, 0) is 37.9 Å². The zero-order valence-corrected chi connectivity index (χ0v) is 9.71. The average molecular weight is 258 g/mol. The maximum Gasteiger partial charge on any atom is 0.335 e. The number of halogens is 1. The van der Waals surface area contributed by atoms with Crippen LogP contribution >= 0.6 is 15.9 Å². The molecule has 0 heterocycles. The highest BCUT2D eigenvalue weighted by atomic mass is 79.9. The van der Waals surface area contributed by atoms with Crippen molar-refractivity contribution in [3.05, 3.63) is 33.8 Å². The summed E-state index contributed by atoms with van der Waals surface area (Å²) < 4.78 is 0.800. The molecule has 3 nitrogen and oxygen atoms in total. The van der Waals surface area contributed by atoms with Gasteiger partial charge in [-0.25, -0.2) is 4.79 Å². The standard InChI is InChI=1S/C10H12BrNO2/c1-12(2)6-7-3-8(10(13)14)5-9(11)4-7/h3-5H,6H2,1-2H3,(H,13,14). The fourth-order valence-electron chi connectivity index (χ4n) is 1.23. The molecule has 0 saturated heterocycles. The van der Waals surface area contributed by atoms with Gasteiger partial charge >= 0.3 is 5.97 Å². The summed E-state index contributed by atoms with van der Waals surface area (Å²) in [4.78, 5) is 12.8. The number of carboxylic acids is 1. The molecule has 1 N–H and O–H groups in total. The van der Waals surface area contributed by atoms with E-state index in [-0.39, 0.29) is 0 Å². The summed E-state index contributed by atoms with van der Waals surface area (Å²) in [5, 5.41) is 8.83. The molecule has 0 unspecified atom stereocenters. The van der Waals surface area contributed by atoms with Crippen molar-refractivity contribution in [1.29, 1.82) is 0 Å². The first-order valence-corrected chi connectivity index (χ1v) is 4.96. The van der Waals surface area contributed by atoms with Gasteiger partial charge in [0.05, 0.1) is 5.56 Å². The number of carbonyl (C=O) groups is 1. The summed E-state index contributed by atoms with van der Waals surface area (Å²) in [6.07, 6.45) is 0. The molecule has 0 atom stereocenters. The highest BCUT2D eigenvalue weighted by Gasteiger charge is 2.06. The van der Waals surface area contributed by atoms with Crippen molar-refractivity contribution in [1.82, 2.24) is 4.90 Å². The van der Waals surface area contributed by atoms with Crippen molar-refractivity contribution in [2.45, 2.75) is 6.54 Å². The topological polar surface area (TPSA) is 40.5 Å². The van der Waals surface area contributed by atoms with E-state index in [2.05, 4.69) is 15.9 Å². The van der Waals surface area contributed by atoms with E-state index in [0.29, 0.717) is 5.56 Å². The van der Waals surface area contributed by atoms with Crippen LogP contribution in [0.4, 0.5) is 0 Å². The Hall–Kier alpha value is -0.870. The molecule has 0 aliphatic carbocycles. The maximum absolute atomic E-state index is 10.8. The van der Waals surface area contributed by atoms with E-state index in [4.69, 9.17) is 5.11 Å². The van der Waals surface area contributed by atoms with Crippen LogP contribution in [-0.4, -0.2) is 30.1 Å². The van der Waals surface area contributed by atoms with E-state index < -0.39 is 5.97 Å². The molecule has 0 aromatic heterocycles. The van der Waals surface area contributed by atoms with Crippen molar-refractivity contribution < 1.29 is 9.90 Å². The van der Waals surface area contributed by atoms with E-state index >= 15 is 0 Å². The van der Waals surface area contributed by atoms with Crippen LogP contribution in [0, 0.1) is 0 Å². The van der Waals surface area contributed by atoms with Gasteiger partial charge in [0.1, 0.15) is 0 Å². The SMILES string of the molecule is CN(C)Cc1cc(Br)cc(C(=O)O)c1. The molecule has 76 valence electrons. The van der Waals surface area contributed by atoms with Crippen molar-refractivity contribution in [2.24, 2.45) is 0 Å². The minimum Gasteiger partial charge on any atom is -0.478 e. The lowest BCUT2D eigenvalue weighted by atomic mass is 10.1. The highest BCUT2D eigenvalue weighted by molar-refractivity contribution is 9.10. The molecule has 0 bridgehead atoms. The number of rotatable bonds is 3. The third kappa shape index (κ3) is 3.12. The molecule has 0 spiro atoms. The molecule has 1 aromatic rings. The van der Waals surface area contributed by atoms with Crippen molar-refractivity contribution >= 4 is 21.9 Å². The molecular formula is C10H12BrNO2. The summed E-state index contributed by atoms with van der Waals surface area (Å²) in [6, 6.07) is 5.21. The Morgan fingerprint density at radius 3 is 2.57 bits per heavy atom. The summed E-state index contributed by atoms with van der Waals surface area (Å²) >= 11 is 3.29. The lowest BCUT2D eigenvalue weighted by Crippen LogP contribution is -2.11. The Labute approximate surface area is 91.5 Å². The zero-order chi connectivity index (χ0) is 10.7. The van der Waals surface area contributed by atoms with Crippen LogP contribution < -0.4 is 0 Å². The molecule has 0 radical (unpaired) electrons. The quantitative estimate of drug-likeness (QED) is 0.903. The summed E-state index contributed by atoms with van der Waals surface area (Å²) in [6.45, 7) is 0.736. The molecule has 0 saturated carbocycles. The van der Waals surface area contributed by atoms with Crippen molar-refractivity contribution in [3.8, 4) is 0 Å². The number of hydrogen-bond acceptors (Lipinski definition) is 2. The van der Waals surface area contributed by atoms with Crippen LogP contribution in [0.5, 0.6) is 0 Å². The Bertz CT molecular complexity index is 350. The average Bonchev–Trinajstić information content (AvgIpc) is 2.01. The van der Waals surface area contributed by atoms with Gasteiger partial charge in [-0.1, -0.05) is 15.9 Å². The lowest BCUT2D eigenvalue weighted by Gasteiger charge is -2.10. The molecule has 0 amide bonds. The molecule has 0 aliphatic heterocycles. The number of hydrogen-bond donors (Lipinski definition) is 1. The van der Waals surface area contributed by atoms with Crippen molar-refractivity contribution in [2.75, 3.05) is 14.1 Å². The fraction of sp³-hybridized carbons (Fsp3) is 0.300. The maximum atomic E-state index is 10.8. The second kappa shape index (κ2) is 4.57. The lowest BCUT2D eigenvalue weighted by molar-refractivity contribution is 0.0696. The van der Waals surface area contributed by atoms with Gasteiger partial charge in [0, 0.05) is 11.0 Å². The first-order chi connectivity index (χ1) is 6.49. The minimum absolute atomic E-state index is 0.316. The second-order valence-electron chi connectivity index (χ2n) is 3.39. The Kier molecular flexibility index (Phi) is 3.66. The van der Waals surface area contributed by atoms with Gasteiger partial charge in [-0.15, -0.1) is 0 Å². The van der Waals surface area contributed by atoms with E-state index in [1.807, 2.05) is 25.1 Å². The Morgan fingerprint density at radius 1 is 1.43 bits per heavy atom. The number of nitrogens with zero attached hydrogens (tertiary/aromatic N) is 1. The van der Waals surface area contributed by atoms with E-state index in [9.17, 15) is 4.79 Å². The third-order valence-electron chi connectivity index (χ3n) is 1.70. The van der Waals surface area contributed by atoms with Gasteiger partial charge in [0.15, 0.2) is 0 Å². The Balaban J connectivity index is 3.01. The third-order valence-corrected chi connectivity index (χ3v) is 2.16. The van der Waals surface area contributed by atoms with Crippen LogP contribution in [0.1, 0.15) is 15.9 Å². The first-order valence-electron chi connectivity index (χ1n) is 4.16.